The van der Waals surface area contributed by atoms with Crippen LogP contribution in [-0.2, 0) is 0 Å². The van der Waals surface area contributed by atoms with Crippen LogP contribution in [0.4, 0.5) is 10.1 Å². The average Bonchev–Trinajstić information content (AvgIpc) is 3.11. The number of nitriles is 1. The average molecular weight is 463 g/mol. The molecule has 2 aromatic carbocycles. The Kier molecular flexibility index (Phi) is 6.93. The van der Waals surface area contributed by atoms with Gasteiger partial charge in [0.05, 0.1) is 22.1 Å². The lowest BCUT2D eigenvalue weighted by molar-refractivity contribution is 0.495. The molecule has 154 valence electrons. The molecule has 1 heterocycles. The highest BCUT2D eigenvalue weighted by atomic mass is 35.5. The molecule has 0 bridgehead atoms. The number of ether oxygens (including phenoxy) is 1. The van der Waals surface area contributed by atoms with Gasteiger partial charge in [-0.2, -0.15) is 9.64 Å². The van der Waals surface area contributed by atoms with Crippen LogP contribution in [0, 0.1) is 24.1 Å². The molecule has 0 atom stereocenters. The fourth-order valence-corrected chi connectivity index (χ4v) is 3.69. The van der Waals surface area contributed by atoms with Crippen molar-refractivity contribution in [2.24, 2.45) is 4.99 Å². The zero-order valence-corrected chi connectivity index (χ0v) is 18.7. The first-order valence-electron chi connectivity index (χ1n) is 8.91. The highest BCUT2D eigenvalue weighted by Crippen LogP contribution is 2.41. The molecule has 0 aliphatic carbocycles. The molecule has 0 spiro atoms. The fourth-order valence-electron chi connectivity index (χ4n) is 2.51. The van der Waals surface area contributed by atoms with Gasteiger partial charge in [-0.05, 0) is 49.7 Å². The number of rotatable bonds is 6. The van der Waals surface area contributed by atoms with Crippen LogP contribution in [0.15, 0.2) is 35.3 Å². The van der Waals surface area contributed by atoms with Crippen molar-refractivity contribution in [2.75, 3.05) is 13.6 Å². The molecular formula is C21H17Cl2FN4OS. The fraction of sp³-hybridized carbons (Fsp3) is 0.190. The van der Waals surface area contributed by atoms with Crippen molar-refractivity contribution >= 4 is 46.8 Å². The van der Waals surface area contributed by atoms with Crippen LogP contribution < -0.4 is 4.74 Å². The van der Waals surface area contributed by atoms with Gasteiger partial charge < -0.3 is 9.64 Å². The molecule has 0 fully saturated rings. The summed E-state index contributed by atoms with van der Waals surface area (Å²) in [6.07, 6.45) is 1.73. The number of aromatic nitrogens is 1. The van der Waals surface area contributed by atoms with Gasteiger partial charge in [-0.1, -0.05) is 23.2 Å². The lowest BCUT2D eigenvalue weighted by atomic mass is 10.1. The van der Waals surface area contributed by atoms with Crippen molar-refractivity contribution in [2.45, 2.75) is 13.8 Å². The van der Waals surface area contributed by atoms with Gasteiger partial charge in [0, 0.05) is 30.7 Å². The van der Waals surface area contributed by atoms with Crippen molar-refractivity contribution in [1.82, 2.24) is 9.27 Å². The molecule has 3 aromatic rings. The molecular weight excluding hydrogens is 446 g/mol. The van der Waals surface area contributed by atoms with Gasteiger partial charge in [0.1, 0.15) is 28.9 Å². The maximum atomic E-state index is 13.4. The third-order valence-corrected chi connectivity index (χ3v) is 5.64. The van der Waals surface area contributed by atoms with E-state index < -0.39 is 5.82 Å². The third-order valence-electron chi connectivity index (χ3n) is 4.30. The van der Waals surface area contributed by atoms with Gasteiger partial charge in [-0.15, -0.1) is 0 Å². The number of hydrogen-bond acceptors (Lipinski definition) is 5. The van der Waals surface area contributed by atoms with Gasteiger partial charge >= 0.3 is 0 Å². The normalized spacial score (nSPS) is 11.0. The number of aliphatic imine (C=N–C) groups is 1. The van der Waals surface area contributed by atoms with Crippen LogP contribution in [0.5, 0.6) is 10.8 Å². The topological polar surface area (TPSA) is 61.5 Å². The van der Waals surface area contributed by atoms with E-state index in [1.54, 1.807) is 18.5 Å². The number of benzene rings is 2. The number of aryl methyl sites for hydroxylation is 1. The first kappa shape index (κ1) is 22.0. The van der Waals surface area contributed by atoms with Crippen LogP contribution in [0.1, 0.15) is 18.1 Å². The molecule has 0 N–H and O–H groups in total. The molecule has 0 radical (unpaired) electrons. The quantitative estimate of drug-likeness (QED) is 0.297. The third kappa shape index (κ3) is 4.73. The van der Waals surface area contributed by atoms with Crippen LogP contribution in [0.3, 0.4) is 0 Å². The molecule has 0 saturated heterocycles. The number of nitrogens with zero attached hydrogens (tertiary/aromatic N) is 4. The van der Waals surface area contributed by atoms with Gasteiger partial charge in [0.2, 0.25) is 5.06 Å². The highest BCUT2D eigenvalue weighted by molar-refractivity contribution is 7.08. The monoisotopic (exact) mass is 462 g/mol. The second-order valence-electron chi connectivity index (χ2n) is 6.42. The molecule has 0 unspecified atom stereocenters. The van der Waals surface area contributed by atoms with E-state index in [1.165, 1.54) is 18.2 Å². The van der Waals surface area contributed by atoms with Crippen LogP contribution in [0.2, 0.25) is 10.0 Å². The molecule has 9 heteroatoms. The largest absolute Gasteiger partial charge is 0.442 e. The Hall–Kier alpha value is -2.66. The summed E-state index contributed by atoms with van der Waals surface area (Å²) in [6.45, 7) is 4.75. The zero-order valence-electron chi connectivity index (χ0n) is 16.4. The first-order valence-corrected chi connectivity index (χ1v) is 10.4. The second-order valence-corrected chi connectivity index (χ2v) is 7.97. The molecule has 1 aromatic heterocycles. The minimum absolute atomic E-state index is 0.163. The summed E-state index contributed by atoms with van der Waals surface area (Å²) in [7, 11) is 1.93. The van der Waals surface area contributed by atoms with Gasteiger partial charge in [-0.3, -0.25) is 0 Å². The van der Waals surface area contributed by atoms with Gasteiger partial charge in [0.15, 0.2) is 0 Å². The summed E-state index contributed by atoms with van der Waals surface area (Å²) in [4.78, 5) is 6.37. The Labute approximate surface area is 188 Å². The summed E-state index contributed by atoms with van der Waals surface area (Å²) in [6, 6.07) is 9.47. The summed E-state index contributed by atoms with van der Waals surface area (Å²) < 4.78 is 23.5. The van der Waals surface area contributed by atoms with Crippen molar-refractivity contribution in [1.29, 1.82) is 5.26 Å². The number of hydrogen-bond donors (Lipinski definition) is 0. The summed E-state index contributed by atoms with van der Waals surface area (Å²) >= 11 is 13.5. The van der Waals surface area contributed by atoms with Crippen LogP contribution in [-0.4, -0.2) is 29.2 Å². The van der Waals surface area contributed by atoms with Crippen LogP contribution in [0.25, 0.3) is 11.3 Å². The Morgan fingerprint density at radius 1 is 1.30 bits per heavy atom. The van der Waals surface area contributed by atoms with E-state index in [1.807, 2.05) is 25.8 Å². The Bertz CT molecular complexity index is 1160. The van der Waals surface area contributed by atoms with E-state index in [0.717, 1.165) is 29.3 Å². The second kappa shape index (κ2) is 9.43. The molecule has 0 aliphatic heterocycles. The van der Waals surface area contributed by atoms with Crippen molar-refractivity contribution in [3.8, 4) is 28.1 Å². The van der Waals surface area contributed by atoms with E-state index in [2.05, 4.69) is 15.4 Å². The van der Waals surface area contributed by atoms with Crippen molar-refractivity contribution < 1.29 is 9.13 Å². The predicted molar refractivity (Wildman–Crippen MR) is 120 cm³/mol. The maximum Gasteiger partial charge on any atom is 0.218 e. The smallest absolute Gasteiger partial charge is 0.218 e. The van der Waals surface area contributed by atoms with Gasteiger partial charge in [0.25, 0.3) is 0 Å². The van der Waals surface area contributed by atoms with Gasteiger partial charge in [-0.25, -0.2) is 9.38 Å². The van der Waals surface area contributed by atoms with Crippen molar-refractivity contribution in [3.63, 3.8) is 0 Å². The Morgan fingerprint density at radius 3 is 2.73 bits per heavy atom. The molecule has 5 nitrogen and oxygen atoms in total. The van der Waals surface area contributed by atoms with E-state index >= 15 is 0 Å². The molecule has 0 aliphatic rings. The SMILES string of the molecule is CCN(C)/C=N\c1cc(Cl)c(Oc2snc(-c3ccc(F)cc3Cl)c2C#N)cc1C. The number of halogens is 3. The van der Waals surface area contributed by atoms with E-state index in [0.29, 0.717) is 22.0 Å². The minimum Gasteiger partial charge on any atom is -0.442 e. The summed E-state index contributed by atoms with van der Waals surface area (Å²) in [5.74, 6) is -0.0852. The lowest BCUT2D eigenvalue weighted by Crippen LogP contribution is -2.14. The van der Waals surface area contributed by atoms with Crippen molar-refractivity contribution in [3.05, 3.63) is 57.3 Å². The zero-order chi connectivity index (χ0) is 21.8. The Morgan fingerprint density at radius 2 is 2.07 bits per heavy atom. The highest BCUT2D eigenvalue weighted by Gasteiger charge is 2.20. The standard InChI is InChI=1S/C21H17Cl2FN4OS/c1-4-28(3)11-26-18-9-17(23)19(7-12(18)2)29-21-15(10-25)20(27-30-21)14-6-5-13(24)8-16(14)22/h5-9,11H,4H2,1-3H3/b26-11-. The van der Waals surface area contributed by atoms with Crippen LogP contribution >= 0.6 is 34.7 Å². The van der Waals surface area contributed by atoms with E-state index in [-0.39, 0.29) is 15.6 Å². The van der Waals surface area contributed by atoms with E-state index in [4.69, 9.17) is 27.9 Å². The maximum absolute atomic E-state index is 13.4. The molecule has 0 amide bonds. The molecule has 30 heavy (non-hydrogen) atoms. The lowest BCUT2D eigenvalue weighted by Gasteiger charge is -2.11. The molecule has 0 saturated carbocycles. The first-order chi connectivity index (χ1) is 14.3. The minimum atomic E-state index is -0.468. The predicted octanol–water partition coefficient (Wildman–Crippen LogP) is 6.84. The molecule has 3 rings (SSSR count). The summed E-state index contributed by atoms with van der Waals surface area (Å²) in [5, 5.41) is 10.4. The Balaban J connectivity index is 1.94. The van der Waals surface area contributed by atoms with E-state index in [9.17, 15) is 9.65 Å². The summed E-state index contributed by atoms with van der Waals surface area (Å²) in [5.41, 5.74) is 2.57.